The van der Waals surface area contributed by atoms with Crippen LogP contribution in [-0.4, -0.2) is 14.8 Å². The first-order chi connectivity index (χ1) is 9.34. The van der Waals surface area contributed by atoms with Crippen molar-refractivity contribution in [2.75, 3.05) is 5.32 Å². The summed E-state index contributed by atoms with van der Waals surface area (Å²) < 4.78 is 1.76. The van der Waals surface area contributed by atoms with Gasteiger partial charge in [-0.3, -0.25) is 0 Å². The van der Waals surface area contributed by atoms with Crippen molar-refractivity contribution in [3.8, 4) is 5.69 Å². The standard InChI is InChI=1S/C13H11ClN4S/c14-11-3-1-4-12(13(11)18-6-2-5-17-18)15-7-10-8-19-9-16-10/h1-6,8-9,15H,7H2. The Labute approximate surface area is 119 Å². The highest BCUT2D eigenvalue weighted by Gasteiger charge is 2.09. The molecule has 0 radical (unpaired) electrons. The lowest BCUT2D eigenvalue weighted by molar-refractivity contribution is 0.879. The molecule has 0 saturated carbocycles. The summed E-state index contributed by atoms with van der Waals surface area (Å²) in [7, 11) is 0. The molecule has 96 valence electrons. The van der Waals surface area contributed by atoms with Gasteiger partial charge in [-0.1, -0.05) is 17.7 Å². The minimum Gasteiger partial charge on any atom is -0.378 e. The number of halogens is 1. The number of hydrogen-bond acceptors (Lipinski definition) is 4. The number of nitrogens with one attached hydrogen (secondary N) is 1. The molecule has 0 aliphatic rings. The first-order valence-electron chi connectivity index (χ1n) is 5.74. The van der Waals surface area contributed by atoms with Crippen LogP contribution in [0.2, 0.25) is 5.02 Å². The number of anilines is 1. The number of para-hydroxylation sites is 1. The molecule has 2 aromatic heterocycles. The van der Waals surface area contributed by atoms with Crippen LogP contribution in [-0.2, 0) is 6.54 Å². The average Bonchev–Trinajstić information content (AvgIpc) is 3.09. The van der Waals surface area contributed by atoms with Crippen molar-refractivity contribution in [3.05, 3.63) is 58.3 Å². The van der Waals surface area contributed by atoms with Crippen LogP contribution in [0, 0.1) is 0 Å². The van der Waals surface area contributed by atoms with Gasteiger partial charge in [0.15, 0.2) is 0 Å². The van der Waals surface area contributed by atoms with E-state index >= 15 is 0 Å². The first kappa shape index (κ1) is 12.2. The summed E-state index contributed by atoms with van der Waals surface area (Å²) in [6.07, 6.45) is 3.60. The van der Waals surface area contributed by atoms with Gasteiger partial charge in [0, 0.05) is 17.8 Å². The highest BCUT2D eigenvalue weighted by molar-refractivity contribution is 7.07. The third kappa shape index (κ3) is 2.62. The maximum atomic E-state index is 6.27. The Hall–Kier alpha value is -1.85. The summed E-state index contributed by atoms with van der Waals surface area (Å²) in [5.41, 5.74) is 4.62. The molecule has 0 saturated heterocycles. The number of aromatic nitrogens is 3. The van der Waals surface area contributed by atoms with Crippen LogP contribution in [0.4, 0.5) is 5.69 Å². The summed E-state index contributed by atoms with van der Waals surface area (Å²) in [5, 5.41) is 10.3. The van der Waals surface area contributed by atoms with E-state index in [2.05, 4.69) is 15.4 Å². The zero-order valence-electron chi connectivity index (χ0n) is 9.95. The number of benzene rings is 1. The van der Waals surface area contributed by atoms with E-state index in [1.807, 2.05) is 41.4 Å². The minimum absolute atomic E-state index is 0.659. The van der Waals surface area contributed by atoms with Crippen LogP contribution in [0.15, 0.2) is 47.5 Å². The second-order valence-electron chi connectivity index (χ2n) is 3.92. The molecule has 0 atom stereocenters. The summed E-state index contributed by atoms with van der Waals surface area (Å²) in [5.74, 6) is 0. The molecule has 0 spiro atoms. The molecule has 2 heterocycles. The van der Waals surface area contributed by atoms with Crippen molar-refractivity contribution in [1.29, 1.82) is 0 Å². The highest BCUT2D eigenvalue weighted by Crippen LogP contribution is 2.28. The molecular weight excluding hydrogens is 280 g/mol. The largest absolute Gasteiger partial charge is 0.378 e. The molecule has 6 heteroatoms. The van der Waals surface area contributed by atoms with E-state index in [0.29, 0.717) is 11.6 Å². The van der Waals surface area contributed by atoms with E-state index in [9.17, 15) is 0 Å². The fraction of sp³-hybridized carbons (Fsp3) is 0.0769. The molecule has 0 unspecified atom stereocenters. The molecule has 3 rings (SSSR count). The molecular formula is C13H11ClN4S. The Kier molecular flexibility index (Phi) is 3.48. The van der Waals surface area contributed by atoms with Crippen LogP contribution in [0.25, 0.3) is 5.69 Å². The van der Waals surface area contributed by atoms with E-state index in [-0.39, 0.29) is 0 Å². The quantitative estimate of drug-likeness (QED) is 0.798. The molecule has 0 aliphatic heterocycles. The first-order valence-corrected chi connectivity index (χ1v) is 7.06. The van der Waals surface area contributed by atoms with Gasteiger partial charge in [-0.2, -0.15) is 5.10 Å². The molecule has 19 heavy (non-hydrogen) atoms. The van der Waals surface area contributed by atoms with Gasteiger partial charge in [-0.05, 0) is 18.2 Å². The van der Waals surface area contributed by atoms with E-state index in [1.165, 1.54) is 0 Å². The predicted molar refractivity (Wildman–Crippen MR) is 78.0 cm³/mol. The molecule has 1 N–H and O–H groups in total. The normalized spacial score (nSPS) is 10.6. The Morgan fingerprint density at radius 1 is 1.32 bits per heavy atom. The Balaban J connectivity index is 1.91. The summed E-state index contributed by atoms with van der Waals surface area (Å²) in [4.78, 5) is 4.25. The fourth-order valence-corrected chi connectivity index (χ4v) is 2.62. The van der Waals surface area contributed by atoms with Gasteiger partial charge < -0.3 is 5.32 Å². The lowest BCUT2D eigenvalue weighted by Crippen LogP contribution is -2.05. The smallest absolute Gasteiger partial charge is 0.106 e. The van der Waals surface area contributed by atoms with E-state index in [0.717, 1.165) is 17.1 Å². The maximum Gasteiger partial charge on any atom is 0.106 e. The van der Waals surface area contributed by atoms with Crippen molar-refractivity contribution < 1.29 is 0 Å². The molecule has 0 amide bonds. The van der Waals surface area contributed by atoms with Crippen molar-refractivity contribution in [2.24, 2.45) is 0 Å². The number of thiazole rings is 1. The van der Waals surface area contributed by atoms with Crippen molar-refractivity contribution in [3.63, 3.8) is 0 Å². The molecule has 0 fully saturated rings. The summed E-state index contributed by atoms with van der Waals surface area (Å²) >= 11 is 7.85. The van der Waals surface area contributed by atoms with Crippen LogP contribution >= 0.6 is 22.9 Å². The van der Waals surface area contributed by atoms with Crippen LogP contribution in [0.5, 0.6) is 0 Å². The van der Waals surface area contributed by atoms with Crippen LogP contribution in [0.3, 0.4) is 0 Å². The molecule has 0 aliphatic carbocycles. The molecule has 4 nitrogen and oxygen atoms in total. The van der Waals surface area contributed by atoms with Crippen molar-refractivity contribution >= 4 is 28.6 Å². The van der Waals surface area contributed by atoms with E-state index in [4.69, 9.17) is 11.6 Å². The Morgan fingerprint density at radius 2 is 2.26 bits per heavy atom. The molecule has 1 aromatic carbocycles. The van der Waals surface area contributed by atoms with Gasteiger partial charge in [0.1, 0.15) is 5.69 Å². The van der Waals surface area contributed by atoms with Gasteiger partial charge in [0.05, 0.1) is 28.5 Å². The lowest BCUT2D eigenvalue weighted by Gasteiger charge is -2.12. The topological polar surface area (TPSA) is 42.7 Å². The number of hydrogen-bond donors (Lipinski definition) is 1. The Bertz CT molecular complexity index is 649. The Morgan fingerprint density at radius 3 is 3.00 bits per heavy atom. The third-order valence-corrected chi connectivity index (χ3v) is 3.60. The van der Waals surface area contributed by atoms with Gasteiger partial charge in [-0.25, -0.2) is 9.67 Å². The zero-order valence-corrected chi connectivity index (χ0v) is 11.5. The van der Waals surface area contributed by atoms with Gasteiger partial charge in [-0.15, -0.1) is 11.3 Å². The molecule has 0 bridgehead atoms. The minimum atomic E-state index is 0.659. The van der Waals surface area contributed by atoms with Gasteiger partial charge in [0.25, 0.3) is 0 Å². The van der Waals surface area contributed by atoms with Gasteiger partial charge >= 0.3 is 0 Å². The van der Waals surface area contributed by atoms with E-state index < -0.39 is 0 Å². The molecule has 3 aromatic rings. The highest BCUT2D eigenvalue weighted by atomic mass is 35.5. The monoisotopic (exact) mass is 290 g/mol. The van der Waals surface area contributed by atoms with Crippen LogP contribution < -0.4 is 5.32 Å². The van der Waals surface area contributed by atoms with Crippen molar-refractivity contribution in [1.82, 2.24) is 14.8 Å². The van der Waals surface area contributed by atoms with E-state index in [1.54, 1.807) is 22.2 Å². The second kappa shape index (κ2) is 5.42. The van der Waals surface area contributed by atoms with Gasteiger partial charge in [0.2, 0.25) is 0 Å². The lowest BCUT2D eigenvalue weighted by atomic mass is 10.2. The third-order valence-electron chi connectivity index (χ3n) is 2.66. The predicted octanol–water partition coefficient (Wildman–Crippen LogP) is 3.59. The van der Waals surface area contributed by atoms with Crippen LogP contribution in [0.1, 0.15) is 5.69 Å². The maximum absolute atomic E-state index is 6.27. The van der Waals surface area contributed by atoms with Crippen molar-refractivity contribution in [2.45, 2.75) is 6.54 Å². The zero-order chi connectivity index (χ0) is 13.1. The average molecular weight is 291 g/mol. The second-order valence-corrected chi connectivity index (χ2v) is 5.05. The SMILES string of the molecule is Clc1cccc(NCc2cscn2)c1-n1cccn1. The number of nitrogens with zero attached hydrogens (tertiary/aromatic N) is 3. The summed E-state index contributed by atoms with van der Waals surface area (Å²) in [6, 6.07) is 7.62. The fourth-order valence-electron chi connectivity index (χ4n) is 1.80. The number of rotatable bonds is 4. The summed E-state index contributed by atoms with van der Waals surface area (Å²) in [6.45, 7) is 0.665.